The number of benzene rings is 1. The number of aromatic nitrogens is 2. The molecule has 1 unspecified atom stereocenters. The number of para-hydroxylation sites is 1. The minimum atomic E-state index is -1.93. The molecule has 0 saturated heterocycles. The zero-order valence-corrected chi connectivity index (χ0v) is 18.6. The first-order valence-corrected chi connectivity index (χ1v) is 12.2. The van der Waals surface area contributed by atoms with Crippen molar-refractivity contribution < 1.29 is 13.9 Å². The van der Waals surface area contributed by atoms with Crippen molar-refractivity contribution in [2.75, 3.05) is 26.1 Å². The first-order chi connectivity index (χ1) is 12.6. The van der Waals surface area contributed by atoms with E-state index in [9.17, 15) is 0 Å². The maximum absolute atomic E-state index is 6.45. The van der Waals surface area contributed by atoms with Crippen LogP contribution in [0.1, 0.15) is 26.3 Å². The average Bonchev–Trinajstić information content (AvgIpc) is 2.88. The zero-order chi connectivity index (χ0) is 20.2. The molecule has 27 heavy (non-hydrogen) atoms. The SMILES string of the molecule is COCC(COc1nn(-c2ccccc2)c(N)c1C)O[Si](C)(C)C(C)(C)C. The Labute approximate surface area is 163 Å². The lowest BCUT2D eigenvalue weighted by atomic mass is 10.2. The third-order valence-corrected chi connectivity index (χ3v) is 9.69. The summed E-state index contributed by atoms with van der Waals surface area (Å²) in [5.74, 6) is 1.10. The molecule has 2 rings (SSSR count). The van der Waals surface area contributed by atoms with Gasteiger partial charge in [0.15, 0.2) is 8.32 Å². The van der Waals surface area contributed by atoms with E-state index in [1.807, 2.05) is 37.3 Å². The van der Waals surface area contributed by atoms with Gasteiger partial charge in [-0.3, -0.25) is 0 Å². The van der Waals surface area contributed by atoms with Gasteiger partial charge in [0, 0.05) is 7.11 Å². The van der Waals surface area contributed by atoms with Gasteiger partial charge in [-0.2, -0.15) is 0 Å². The second-order valence-electron chi connectivity index (χ2n) is 8.33. The molecule has 0 saturated carbocycles. The summed E-state index contributed by atoms with van der Waals surface area (Å²) in [7, 11) is -0.250. The third-order valence-electron chi connectivity index (χ3n) is 5.15. The van der Waals surface area contributed by atoms with Gasteiger partial charge >= 0.3 is 0 Å². The molecule has 7 heteroatoms. The molecule has 0 aliphatic heterocycles. The Morgan fingerprint density at radius 2 is 1.78 bits per heavy atom. The quantitative estimate of drug-likeness (QED) is 0.684. The number of anilines is 1. The molecule has 0 bridgehead atoms. The van der Waals surface area contributed by atoms with Crippen LogP contribution in [0.15, 0.2) is 30.3 Å². The van der Waals surface area contributed by atoms with E-state index in [1.54, 1.807) is 11.8 Å². The number of rotatable bonds is 8. The van der Waals surface area contributed by atoms with E-state index in [-0.39, 0.29) is 11.1 Å². The fourth-order valence-corrected chi connectivity index (χ4v) is 3.78. The molecule has 2 N–H and O–H groups in total. The Morgan fingerprint density at radius 3 is 2.33 bits per heavy atom. The van der Waals surface area contributed by atoms with Crippen molar-refractivity contribution in [3.8, 4) is 11.6 Å². The summed E-state index contributed by atoms with van der Waals surface area (Å²) in [4.78, 5) is 0. The topological polar surface area (TPSA) is 71.5 Å². The largest absolute Gasteiger partial charge is 0.474 e. The second-order valence-corrected chi connectivity index (χ2v) is 13.1. The molecule has 1 aromatic heterocycles. The monoisotopic (exact) mass is 391 g/mol. The van der Waals surface area contributed by atoms with E-state index in [0.29, 0.717) is 24.9 Å². The highest BCUT2D eigenvalue weighted by Crippen LogP contribution is 2.37. The number of ether oxygens (including phenoxy) is 2. The molecule has 150 valence electrons. The Hall–Kier alpha value is -1.83. The predicted octanol–water partition coefficient (Wildman–Crippen LogP) is 4.18. The molecule has 0 amide bonds. The van der Waals surface area contributed by atoms with Gasteiger partial charge in [0.25, 0.3) is 0 Å². The average molecular weight is 392 g/mol. The van der Waals surface area contributed by atoms with Crippen LogP contribution < -0.4 is 10.5 Å². The van der Waals surface area contributed by atoms with Crippen LogP contribution in [0.2, 0.25) is 18.1 Å². The highest BCUT2D eigenvalue weighted by atomic mass is 28.4. The van der Waals surface area contributed by atoms with E-state index >= 15 is 0 Å². The Morgan fingerprint density at radius 1 is 1.15 bits per heavy atom. The van der Waals surface area contributed by atoms with Gasteiger partial charge in [-0.15, -0.1) is 5.10 Å². The maximum atomic E-state index is 6.45. The fraction of sp³-hybridized carbons (Fsp3) is 0.550. The number of nitrogens with zero attached hydrogens (tertiary/aromatic N) is 2. The second kappa shape index (κ2) is 8.46. The van der Waals surface area contributed by atoms with Crippen LogP contribution in [0.5, 0.6) is 5.88 Å². The molecule has 0 spiro atoms. The number of hydrogen-bond donors (Lipinski definition) is 1. The van der Waals surface area contributed by atoms with Gasteiger partial charge < -0.3 is 19.6 Å². The molecule has 1 aromatic carbocycles. The molecular weight excluding hydrogens is 358 g/mol. The molecule has 1 heterocycles. The Kier molecular flexibility index (Phi) is 6.72. The summed E-state index contributed by atoms with van der Waals surface area (Å²) in [5.41, 5.74) is 7.95. The lowest BCUT2D eigenvalue weighted by Gasteiger charge is -2.39. The summed E-state index contributed by atoms with van der Waals surface area (Å²) >= 11 is 0. The number of nitrogens with two attached hydrogens (primary N) is 1. The summed E-state index contributed by atoms with van der Waals surface area (Å²) in [6, 6.07) is 9.78. The highest BCUT2D eigenvalue weighted by Gasteiger charge is 2.39. The number of methoxy groups -OCH3 is 1. The van der Waals surface area contributed by atoms with Crippen LogP contribution in [-0.2, 0) is 9.16 Å². The standard InChI is InChI=1S/C20H33N3O3Si/c1-15-18(21)23(16-11-9-8-10-12-16)22-19(15)25-14-17(13-24-5)26-27(6,7)20(2,3)4/h8-12,17H,13-14,21H2,1-7H3. The Balaban J connectivity index is 2.14. The first kappa shape index (κ1) is 21.5. The molecule has 6 nitrogen and oxygen atoms in total. The van der Waals surface area contributed by atoms with Crippen LogP contribution >= 0.6 is 0 Å². The van der Waals surface area contributed by atoms with Crippen LogP contribution in [0.4, 0.5) is 5.82 Å². The number of nitrogen functional groups attached to an aromatic ring is 1. The maximum Gasteiger partial charge on any atom is 0.238 e. The van der Waals surface area contributed by atoms with E-state index in [1.165, 1.54) is 0 Å². The van der Waals surface area contributed by atoms with Gasteiger partial charge in [0.1, 0.15) is 18.5 Å². The van der Waals surface area contributed by atoms with Crippen molar-refractivity contribution in [3.63, 3.8) is 0 Å². The first-order valence-electron chi connectivity index (χ1n) is 9.27. The minimum Gasteiger partial charge on any atom is -0.474 e. The Bertz CT molecular complexity index is 739. The van der Waals surface area contributed by atoms with Crippen molar-refractivity contribution in [3.05, 3.63) is 35.9 Å². The fourth-order valence-electron chi connectivity index (χ4n) is 2.46. The van der Waals surface area contributed by atoms with Crippen LogP contribution in [0, 0.1) is 6.92 Å². The van der Waals surface area contributed by atoms with Crippen LogP contribution in [0.3, 0.4) is 0 Å². The lowest BCUT2D eigenvalue weighted by molar-refractivity contribution is 0.0384. The molecule has 0 radical (unpaired) electrons. The summed E-state index contributed by atoms with van der Waals surface area (Å²) in [6.45, 7) is 13.9. The van der Waals surface area contributed by atoms with Crippen LogP contribution in [-0.4, -0.2) is 44.5 Å². The summed E-state index contributed by atoms with van der Waals surface area (Å²) in [5, 5.41) is 4.66. The van der Waals surface area contributed by atoms with Gasteiger partial charge in [0.05, 0.1) is 17.9 Å². The van der Waals surface area contributed by atoms with Crippen molar-refractivity contribution >= 4 is 14.1 Å². The van der Waals surface area contributed by atoms with Crippen LogP contribution in [0.25, 0.3) is 5.69 Å². The van der Waals surface area contributed by atoms with Crippen molar-refractivity contribution in [1.29, 1.82) is 0 Å². The van der Waals surface area contributed by atoms with E-state index < -0.39 is 8.32 Å². The molecule has 1 atom stereocenters. The minimum absolute atomic E-state index is 0.119. The third kappa shape index (κ3) is 5.12. The van der Waals surface area contributed by atoms with Gasteiger partial charge in [-0.1, -0.05) is 39.0 Å². The lowest BCUT2D eigenvalue weighted by Crippen LogP contribution is -2.46. The normalized spacial score (nSPS) is 13.6. The van der Waals surface area contributed by atoms with E-state index in [0.717, 1.165) is 11.3 Å². The van der Waals surface area contributed by atoms with E-state index in [2.05, 4.69) is 39.0 Å². The smallest absolute Gasteiger partial charge is 0.238 e. The number of hydrogen-bond acceptors (Lipinski definition) is 5. The highest BCUT2D eigenvalue weighted by molar-refractivity contribution is 6.74. The van der Waals surface area contributed by atoms with Gasteiger partial charge in [-0.25, -0.2) is 4.68 Å². The molecule has 0 fully saturated rings. The van der Waals surface area contributed by atoms with Gasteiger partial charge in [-0.05, 0) is 37.2 Å². The van der Waals surface area contributed by atoms with Crippen molar-refractivity contribution in [2.24, 2.45) is 0 Å². The van der Waals surface area contributed by atoms with E-state index in [4.69, 9.17) is 19.6 Å². The summed E-state index contributed by atoms with van der Waals surface area (Å²) in [6.07, 6.45) is -0.154. The van der Waals surface area contributed by atoms with Gasteiger partial charge in [0.2, 0.25) is 5.88 Å². The molecule has 0 aliphatic carbocycles. The predicted molar refractivity (Wildman–Crippen MR) is 112 cm³/mol. The molecular formula is C20H33N3O3Si. The molecule has 0 aliphatic rings. The van der Waals surface area contributed by atoms with Crippen molar-refractivity contribution in [1.82, 2.24) is 9.78 Å². The zero-order valence-electron chi connectivity index (χ0n) is 17.6. The molecule has 2 aromatic rings. The van der Waals surface area contributed by atoms with Crippen molar-refractivity contribution in [2.45, 2.75) is 51.9 Å². The summed E-state index contributed by atoms with van der Waals surface area (Å²) < 4.78 is 19.5.